The van der Waals surface area contributed by atoms with Gasteiger partial charge in [-0.2, -0.15) is 0 Å². The van der Waals surface area contributed by atoms with Crippen LogP contribution >= 0.6 is 23.2 Å². The van der Waals surface area contributed by atoms with E-state index in [1.807, 2.05) is 12.1 Å². The van der Waals surface area contributed by atoms with Crippen LogP contribution in [0.25, 0.3) is 11.1 Å². The van der Waals surface area contributed by atoms with E-state index in [0.717, 1.165) is 11.1 Å². The Labute approximate surface area is 154 Å². The van der Waals surface area contributed by atoms with E-state index in [9.17, 15) is 9.90 Å². The predicted octanol–water partition coefficient (Wildman–Crippen LogP) is 5.20. The molecule has 126 valence electrons. The topological polar surface area (TPSA) is 75.3 Å². The van der Waals surface area contributed by atoms with E-state index in [2.05, 4.69) is 5.32 Å². The van der Waals surface area contributed by atoms with E-state index in [1.54, 1.807) is 24.3 Å². The van der Waals surface area contributed by atoms with Crippen molar-refractivity contribution in [2.45, 2.75) is 0 Å². The lowest BCUT2D eigenvalue weighted by Gasteiger charge is -2.11. The summed E-state index contributed by atoms with van der Waals surface area (Å²) in [6.07, 6.45) is 0. The highest BCUT2D eigenvalue weighted by Gasteiger charge is 2.10. The molecule has 0 aliphatic carbocycles. The molecule has 0 heterocycles. The first-order valence-electron chi connectivity index (χ1n) is 7.39. The normalized spacial score (nSPS) is 10.5. The molecular formula is C19H14Cl2N2O2. The van der Waals surface area contributed by atoms with E-state index >= 15 is 0 Å². The summed E-state index contributed by atoms with van der Waals surface area (Å²) in [5.41, 5.74) is 9.01. The first kappa shape index (κ1) is 17.1. The lowest BCUT2D eigenvalue weighted by molar-refractivity contribution is 0.102. The molecule has 1 amide bonds. The average molecular weight is 373 g/mol. The highest BCUT2D eigenvalue weighted by Crippen LogP contribution is 2.31. The van der Waals surface area contributed by atoms with Gasteiger partial charge in [-0.3, -0.25) is 4.79 Å². The summed E-state index contributed by atoms with van der Waals surface area (Å²) in [5.74, 6) is -0.226. The number of nitrogens with two attached hydrogens (primary N) is 1. The molecule has 0 aromatic heterocycles. The van der Waals surface area contributed by atoms with E-state index in [0.29, 0.717) is 27.0 Å². The van der Waals surface area contributed by atoms with Gasteiger partial charge in [-0.25, -0.2) is 0 Å². The number of hydrogen-bond acceptors (Lipinski definition) is 3. The Bertz CT molecular complexity index is 941. The van der Waals surface area contributed by atoms with Crippen LogP contribution in [0.3, 0.4) is 0 Å². The van der Waals surface area contributed by atoms with Gasteiger partial charge in [-0.05, 0) is 59.7 Å². The van der Waals surface area contributed by atoms with Crippen LogP contribution in [0.4, 0.5) is 11.4 Å². The summed E-state index contributed by atoms with van der Waals surface area (Å²) in [7, 11) is 0. The zero-order valence-corrected chi connectivity index (χ0v) is 14.5. The van der Waals surface area contributed by atoms with Crippen LogP contribution in [0.15, 0.2) is 60.7 Å². The van der Waals surface area contributed by atoms with Crippen molar-refractivity contribution in [2.24, 2.45) is 0 Å². The number of carbonyl (C=O) groups excluding carboxylic acids is 1. The minimum absolute atomic E-state index is 0.0951. The molecule has 0 bridgehead atoms. The van der Waals surface area contributed by atoms with Crippen molar-refractivity contribution in [3.8, 4) is 16.9 Å². The molecule has 0 saturated heterocycles. The summed E-state index contributed by atoms with van der Waals surface area (Å²) in [6.45, 7) is 0. The first-order chi connectivity index (χ1) is 11.9. The zero-order chi connectivity index (χ0) is 18.0. The summed E-state index contributed by atoms with van der Waals surface area (Å²) in [6, 6.07) is 16.6. The maximum Gasteiger partial charge on any atom is 0.255 e. The van der Waals surface area contributed by atoms with Gasteiger partial charge < -0.3 is 16.2 Å². The fourth-order valence-corrected chi connectivity index (χ4v) is 2.63. The number of aromatic hydroxyl groups is 1. The van der Waals surface area contributed by atoms with Gasteiger partial charge in [0.15, 0.2) is 0 Å². The van der Waals surface area contributed by atoms with E-state index in [1.165, 1.54) is 24.3 Å². The van der Waals surface area contributed by atoms with Gasteiger partial charge in [0.25, 0.3) is 5.91 Å². The molecule has 0 fully saturated rings. The third kappa shape index (κ3) is 3.87. The standard InChI is InChI=1S/C19H14Cl2N2O2/c20-15-7-3-12(9-16(15)21)13-4-8-17(22)18(10-13)23-19(25)11-1-5-14(24)6-2-11/h1-10,24H,22H2,(H,23,25). The predicted molar refractivity (Wildman–Crippen MR) is 102 cm³/mol. The molecule has 6 heteroatoms. The SMILES string of the molecule is Nc1ccc(-c2ccc(Cl)c(Cl)c2)cc1NC(=O)c1ccc(O)cc1. The molecule has 25 heavy (non-hydrogen) atoms. The average Bonchev–Trinajstić information content (AvgIpc) is 2.60. The van der Waals surface area contributed by atoms with Gasteiger partial charge >= 0.3 is 0 Å². The fourth-order valence-electron chi connectivity index (χ4n) is 2.33. The third-order valence-corrected chi connectivity index (χ3v) is 4.42. The number of hydrogen-bond donors (Lipinski definition) is 3. The van der Waals surface area contributed by atoms with Crippen molar-refractivity contribution in [3.05, 3.63) is 76.3 Å². The quantitative estimate of drug-likeness (QED) is 0.553. The van der Waals surface area contributed by atoms with Gasteiger partial charge in [-0.1, -0.05) is 35.3 Å². The molecule has 0 aliphatic heterocycles. The molecule has 0 atom stereocenters. The molecule has 0 spiro atoms. The summed E-state index contributed by atoms with van der Waals surface area (Å²) in [4.78, 5) is 12.3. The highest BCUT2D eigenvalue weighted by molar-refractivity contribution is 6.42. The van der Waals surface area contributed by atoms with Gasteiger partial charge in [0, 0.05) is 5.56 Å². The number of halogens is 2. The second-order valence-electron chi connectivity index (χ2n) is 5.43. The summed E-state index contributed by atoms with van der Waals surface area (Å²) >= 11 is 12.0. The first-order valence-corrected chi connectivity index (χ1v) is 8.15. The van der Waals surface area contributed by atoms with Crippen molar-refractivity contribution < 1.29 is 9.90 Å². The van der Waals surface area contributed by atoms with Crippen LogP contribution in [-0.4, -0.2) is 11.0 Å². The number of phenolic OH excluding ortho intramolecular Hbond substituents is 1. The lowest BCUT2D eigenvalue weighted by atomic mass is 10.0. The van der Waals surface area contributed by atoms with Crippen molar-refractivity contribution in [1.82, 2.24) is 0 Å². The van der Waals surface area contributed by atoms with Gasteiger partial charge in [0.2, 0.25) is 0 Å². The summed E-state index contributed by atoms with van der Waals surface area (Å²) in [5, 5.41) is 13.0. The van der Waals surface area contributed by atoms with Crippen LogP contribution in [0.1, 0.15) is 10.4 Å². The maximum absolute atomic E-state index is 12.3. The Hall–Kier alpha value is -2.69. The Balaban J connectivity index is 1.90. The van der Waals surface area contributed by atoms with Gasteiger partial charge in [0.1, 0.15) is 5.75 Å². The smallest absolute Gasteiger partial charge is 0.255 e. The van der Waals surface area contributed by atoms with Crippen LogP contribution in [0.5, 0.6) is 5.75 Å². The Kier molecular flexibility index (Phi) is 4.83. The largest absolute Gasteiger partial charge is 0.508 e. The number of phenols is 1. The van der Waals surface area contributed by atoms with Crippen LogP contribution < -0.4 is 11.1 Å². The Morgan fingerprint density at radius 3 is 2.20 bits per heavy atom. The molecule has 4 N–H and O–H groups in total. The number of benzene rings is 3. The number of anilines is 2. The molecule has 0 unspecified atom stereocenters. The van der Waals surface area contributed by atoms with E-state index in [4.69, 9.17) is 28.9 Å². The molecule has 3 aromatic rings. The second-order valence-corrected chi connectivity index (χ2v) is 6.25. The Morgan fingerprint density at radius 2 is 1.52 bits per heavy atom. The van der Waals surface area contributed by atoms with Crippen LogP contribution in [0, 0.1) is 0 Å². The third-order valence-electron chi connectivity index (χ3n) is 3.68. The fraction of sp³-hybridized carbons (Fsp3) is 0. The van der Waals surface area contributed by atoms with Gasteiger partial charge in [0.05, 0.1) is 21.4 Å². The maximum atomic E-state index is 12.3. The number of carbonyl (C=O) groups is 1. The van der Waals surface area contributed by atoms with Crippen molar-refractivity contribution in [3.63, 3.8) is 0 Å². The number of rotatable bonds is 3. The molecular weight excluding hydrogens is 359 g/mol. The van der Waals surface area contributed by atoms with Gasteiger partial charge in [-0.15, -0.1) is 0 Å². The van der Waals surface area contributed by atoms with E-state index in [-0.39, 0.29) is 11.7 Å². The number of nitrogen functional groups attached to an aromatic ring is 1. The molecule has 0 aliphatic rings. The minimum Gasteiger partial charge on any atom is -0.508 e. The van der Waals surface area contributed by atoms with Crippen LogP contribution in [0.2, 0.25) is 10.0 Å². The second kappa shape index (κ2) is 7.05. The van der Waals surface area contributed by atoms with Crippen molar-refractivity contribution >= 4 is 40.5 Å². The molecule has 3 rings (SSSR count). The van der Waals surface area contributed by atoms with Crippen molar-refractivity contribution in [2.75, 3.05) is 11.1 Å². The lowest BCUT2D eigenvalue weighted by Crippen LogP contribution is -2.13. The highest BCUT2D eigenvalue weighted by atomic mass is 35.5. The Morgan fingerprint density at radius 1 is 0.880 bits per heavy atom. The number of amides is 1. The molecule has 4 nitrogen and oxygen atoms in total. The molecule has 0 saturated carbocycles. The van der Waals surface area contributed by atoms with Crippen LogP contribution in [-0.2, 0) is 0 Å². The minimum atomic E-state index is -0.321. The monoisotopic (exact) mass is 372 g/mol. The number of nitrogens with one attached hydrogen (secondary N) is 1. The molecule has 3 aromatic carbocycles. The van der Waals surface area contributed by atoms with E-state index < -0.39 is 0 Å². The zero-order valence-electron chi connectivity index (χ0n) is 13.0. The van der Waals surface area contributed by atoms with Crippen molar-refractivity contribution in [1.29, 1.82) is 0 Å². The molecule has 0 radical (unpaired) electrons. The summed E-state index contributed by atoms with van der Waals surface area (Å²) < 4.78 is 0.